The highest BCUT2D eigenvalue weighted by Crippen LogP contribution is 2.35. The number of aliphatic hydroxyl groups is 1. The molecule has 0 rings (SSSR count). The van der Waals surface area contributed by atoms with Gasteiger partial charge in [0, 0.05) is 6.61 Å². The monoisotopic (exact) mass is 254 g/mol. The summed E-state index contributed by atoms with van der Waals surface area (Å²) in [5.74, 6) is 0.756. The van der Waals surface area contributed by atoms with Crippen molar-refractivity contribution < 1.29 is 5.11 Å². The Morgan fingerprint density at radius 3 is 2.22 bits per heavy atom. The van der Waals surface area contributed by atoms with Crippen LogP contribution in [0.4, 0.5) is 0 Å². The summed E-state index contributed by atoms with van der Waals surface area (Å²) in [6.07, 6.45) is 6.78. The van der Waals surface area contributed by atoms with Crippen LogP contribution in [0, 0.1) is 16.7 Å². The van der Waals surface area contributed by atoms with Gasteiger partial charge in [-0.25, -0.2) is 0 Å². The van der Waals surface area contributed by atoms with Crippen molar-refractivity contribution in [1.82, 2.24) is 0 Å². The van der Waals surface area contributed by atoms with Crippen LogP contribution in [0.25, 0.3) is 0 Å². The normalized spacial score (nSPS) is 15.9. The molecule has 1 N–H and O–H groups in total. The largest absolute Gasteiger partial charge is 0.396 e. The van der Waals surface area contributed by atoms with Crippen LogP contribution >= 0.6 is 0 Å². The second-order valence-electron chi connectivity index (χ2n) is 7.37. The van der Waals surface area contributed by atoms with E-state index in [9.17, 15) is 0 Å². The van der Waals surface area contributed by atoms with Gasteiger partial charge in [0.05, 0.1) is 0 Å². The third-order valence-corrected chi connectivity index (χ3v) is 4.47. The molecule has 1 heteroatoms. The quantitative estimate of drug-likeness (QED) is 0.591. The Labute approximate surface area is 115 Å². The number of hydrogen-bond acceptors (Lipinski definition) is 1. The van der Waals surface area contributed by atoms with Crippen LogP contribution in [0.3, 0.4) is 0 Å². The van der Waals surface area contributed by atoms with E-state index in [0.717, 1.165) is 25.2 Å². The van der Waals surface area contributed by atoms with Crippen LogP contribution in [-0.2, 0) is 0 Å². The lowest BCUT2D eigenvalue weighted by Gasteiger charge is -2.31. The highest BCUT2D eigenvalue weighted by atomic mass is 16.3. The van der Waals surface area contributed by atoms with E-state index in [1.807, 2.05) is 0 Å². The minimum atomic E-state index is 0.218. The zero-order valence-electron chi connectivity index (χ0n) is 13.6. The molecule has 0 aliphatic rings. The molecule has 1 atom stereocenters. The Hall–Kier alpha value is -0.300. The fraction of sp³-hybridized carbons (Fsp3) is 0.882. The molecular weight excluding hydrogens is 220 g/mol. The summed E-state index contributed by atoms with van der Waals surface area (Å²) in [5, 5.41) is 9.06. The number of rotatable bonds is 8. The minimum Gasteiger partial charge on any atom is -0.396 e. The van der Waals surface area contributed by atoms with E-state index < -0.39 is 0 Å². The van der Waals surface area contributed by atoms with Crippen molar-refractivity contribution in [3.05, 3.63) is 11.6 Å². The van der Waals surface area contributed by atoms with Gasteiger partial charge in [0.1, 0.15) is 0 Å². The second-order valence-corrected chi connectivity index (χ2v) is 7.37. The molecule has 0 aromatic heterocycles. The standard InChI is InChI=1S/C17H34O/c1-8-15(3)17(6,7)10-9-14(2)13-16(4,5)11-12-18/h9,15,18H,8,10-13H2,1-7H3. The first kappa shape index (κ1) is 17.7. The molecule has 0 spiro atoms. The Balaban J connectivity index is 4.44. The molecule has 0 aliphatic heterocycles. The molecule has 0 bridgehead atoms. The third kappa shape index (κ3) is 6.58. The van der Waals surface area contributed by atoms with Gasteiger partial charge in [-0.15, -0.1) is 0 Å². The highest BCUT2D eigenvalue weighted by molar-refractivity contribution is 5.03. The fourth-order valence-corrected chi connectivity index (χ4v) is 2.41. The van der Waals surface area contributed by atoms with Gasteiger partial charge in [0.2, 0.25) is 0 Å². The Kier molecular flexibility index (Phi) is 7.21. The molecule has 0 saturated carbocycles. The van der Waals surface area contributed by atoms with Gasteiger partial charge in [-0.1, -0.05) is 59.6 Å². The number of allylic oxidation sites excluding steroid dienone is 2. The molecule has 108 valence electrons. The summed E-state index contributed by atoms with van der Waals surface area (Å²) in [4.78, 5) is 0. The molecule has 0 amide bonds. The zero-order chi connectivity index (χ0) is 14.4. The van der Waals surface area contributed by atoms with Crippen molar-refractivity contribution in [3.8, 4) is 0 Å². The molecule has 0 saturated heterocycles. The van der Waals surface area contributed by atoms with Gasteiger partial charge in [-0.3, -0.25) is 0 Å². The third-order valence-electron chi connectivity index (χ3n) is 4.47. The van der Waals surface area contributed by atoms with E-state index in [1.54, 1.807) is 0 Å². The predicted molar refractivity (Wildman–Crippen MR) is 81.7 cm³/mol. The van der Waals surface area contributed by atoms with Crippen molar-refractivity contribution in [2.45, 2.75) is 74.1 Å². The van der Waals surface area contributed by atoms with Crippen LogP contribution in [0.15, 0.2) is 11.6 Å². The van der Waals surface area contributed by atoms with Gasteiger partial charge < -0.3 is 5.11 Å². The summed E-state index contributed by atoms with van der Waals surface area (Å²) in [7, 11) is 0. The molecule has 0 aromatic carbocycles. The molecule has 1 nitrogen and oxygen atoms in total. The average molecular weight is 254 g/mol. The van der Waals surface area contributed by atoms with Gasteiger partial charge in [0.15, 0.2) is 0 Å². The van der Waals surface area contributed by atoms with Gasteiger partial charge >= 0.3 is 0 Å². The Bertz CT molecular complexity index is 261. The first-order chi connectivity index (χ1) is 8.14. The van der Waals surface area contributed by atoms with Crippen molar-refractivity contribution in [3.63, 3.8) is 0 Å². The molecule has 1 unspecified atom stereocenters. The lowest BCUT2D eigenvalue weighted by atomic mass is 9.75. The van der Waals surface area contributed by atoms with Crippen LogP contribution in [0.2, 0.25) is 0 Å². The molecular formula is C17H34O. The van der Waals surface area contributed by atoms with Crippen LogP contribution in [0.5, 0.6) is 0 Å². The first-order valence-electron chi connectivity index (χ1n) is 7.41. The number of hydrogen-bond donors (Lipinski definition) is 1. The van der Waals surface area contributed by atoms with Gasteiger partial charge in [-0.05, 0) is 42.9 Å². The fourth-order valence-electron chi connectivity index (χ4n) is 2.41. The van der Waals surface area contributed by atoms with Crippen molar-refractivity contribution in [1.29, 1.82) is 0 Å². The Morgan fingerprint density at radius 1 is 1.22 bits per heavy atom. The molecule has 0 aromatic rings. The Morgan fingerprint density at radius 2 is 1.78 bits per heavy atom. The maximum atomic E-state index is 9.06. The predicted octanol–water partition coefficient (Wildman–Crippen LogP) is 5.19. The zero-order valence-corrected chi connectivity index (χ0v) is 13.6. The van der Waals surface area contributed by atoms with E-state index >= 15 is 0 Å². The van der Waals surface area contributed by atoms with Crippen molar-refractivity contribution >= 4 is 0 Å². The minimum absolute atomic E-state index is 0.218. The van der Waals surface area contributed by atoms with Crippen molar-refractivity contribution in [2.24, 2.45) is 16.7 Å². The second kappa shape index (κ2) is 7.33. The van der Waals surface area contributed by atoms with Crippen molar-refractivity contribution in [2.75, 3.05) is 6.61 Å². The lowest BCUT2D eigenvalue weighted by Crippen LogP contribution is -2.20. The summed E-state index contributed by atoms with van der Waals surface area (Å²) in [6, 6.07) is 0. The van der Waals surface area contributed by atoms with Crippen LogP contribution in [-0.4, -0.2) is 11.7 Å². The average Bonchev–Trinajstić information content (AvgIpc) is 2.24. The molecule has 0 heterocycles. The lowest BCUT2D eigenvalue weighted by molar-refractivity contribution is 0.209. The van der Waals surface area contributed by atoms with E-state index in [1.165, 1.54) is 12.0 Å². The topological polar surface area (TPSA) is 20.2 Å². The summed E-state index contributed by atoms with van der Waals surface area (Å²) >= 11 is 0. The van der Waals surface area contributed by atoms with E-state index in [0.29, 0.717) is 12.0 Å². The van der Waals surface area contributed by atoms with Gasteiger partial charge in [-0.2, -0.15) is 0 Å². The molecule has 0 radical (unpaired) electrons. The molecule has 18 heavy (non-hydrogen) atoms. The summed E-state index contributed by atoms with van der Waals surface area (Å²) < 4.78 is 0. The molecule has 0 fully saturated rings. The molecule has 0 aliphatic carbocycles. The maximum Gasteiger partial charge on any atom is 0.0436 e. The summed E-state index contributed by atoms with van der Waals surface area (Å²) in [6.45, 7) is 16.3. The summed E-state index contributed by atoms with van der Waals surface area (Å²) in [5.41, 5.74) is 2.07. The van der Waals surface area contributed by atoms with E-state index in [-0.39, 0.29) is 5.41 Å². The smallest absolute Gasteiger partial charge is 0.0436 e. The highest BCUT2D eigenvalue weighted by Gasteiger charge is 2.23. The van der Waals surface area contributed by atoms with E-state index in [4.69, 9.17) is 5.11 Å². The van der Waals surface area contributed by atoms with E-state index in [2.05, 4.69) is 54.5 Å². The van der Waals surface area contributed by atoms with Crippen LogP contribution in [0.1, 0.15) is 74.1 Å². The SMILES string of the molecule is CCC(C)C(C)(C)CC=C(C)CC(C)(C)CCO. The first-order valence-corrected chi connectivity index (χ1v) is 7.41. The number of aliphatic hydroxyl groups excluding tert-OH is 1. The van der Waals surface area contributed by atoms with Gasteiger partial charge in [0.25, 0.3) is 0 Å². The van der Waals surface area contributed by atoms with Crippen LogP contribution < -0.4 is 0 Å². The maximum absolute atomic E-state index is 9.06.